The molecule has 0 unspecified atom stereocenters. The Hall–Kier alpha value is -3.36. The van der Waals surface area contributed by atoms with Gasteiger partial charge in [-0.15, -0.1) is 11.3 Å². The number of aromatic hydroxyl groups is 1. The molecule has 29 heavy (non-hydrogen) atoms. The van der Waals surface area contributed by atoms with Gasteiger partial charge in [0, 0.05) is 6.07 Å². The number of amides is 1. The molecule has 1 aliphatic rings. The lowest BCUT2D eigenvalue weighted by atomic mass is 10.3. The normalized spacial score (nSPS) is 16.8. The molecule has 4 aromatic rings. The number of carbonyl (C=O) groups excluding carboxylic acids is 1. The van der Waals surface area contributed by atoms with Crippen LogP contribution in [0.5, 0.6) is 5.75 Å². The fourth-order valence-electron chi connectivity index (χ4n) is 2.86. The summed E-state index contributed by atoms with van der Waals surface area (Å²) in [6, 6.07) is 18.2. The van der Waals surface area contributed by atoms with E-state index in [0.717, 1.165) is 27.0 Å². The van der Waals surface area contributed by atoms with Crippen LogP contribution in [0.3, 0.4) is 0 Å². The molecule has 0 aliphatic carbocycles. The number of furan rings is 1. The number of aromatic nitrogens is 1. The number of para-hydroxylation sites is 1. The van der Waals surface area contributed by atoms with Crippen LogP contribution < -0.4 is 5.32 Å². The Labute approximate surface area is 173 Å². The van der Waals surface area contributed by atoms with Crippen molar-refractivity contribution in [2.45, 2.75) is 0 Å². The average Bonchev–Trinajstić information content (AvgIpc) is 3.41. The van der Waals surface area contributed by atoms with Crippen LogP contribution in [0, 0.1) is 0 Å². The van der Waals surface area contributed by atoms with E-state index in [1.807, 2.05) is 36.4 Å². The van der Waals surface area contributed by atoms with E-state index in [1.165, 1.54) is 6.07 Å². The summed E-state index contributed by atoms with van der Waals surface area (Å²) in [5.41, 5.74) is 1.48. The van der Waals surface area contributed by atoms with Crippen molar-refractivity contribution in [3.63, 3.8) is 0 Å². The average molecular weight is 419 g/mol. The number of benzene rings is 2. The Morgan fingerprint density at radius 2 is 2.00 bits per heavy atom. The van der Waals surface area contributed by atoms with Crippen LogP contribution >= 0.6 is 23.1 Å². The first kappa shape index (κ1) is 17.7. The molecule has 5 rings (SSSR count). The molecule has 0 radical (unpaired) electrons. The first-order chi connectivity index (χ1) is 14.1. The third-order valence-electron chi connectivity index (χ3n) is 4.13. The minimum Gasteiger partial charge on any atom is -0.508 e. The van der Waals surface area contributed by atoms with Gasteiger partial charge in [0.05, 0.1) is 20.8 Å². The van der Waals surface area contributed by atoms with Gasteiger partial charge < -0.3 is 14.8 Å². The Kier molecular flexibility index (Phi) is 4.42. The summed E-state index contributed by atoms with van der Waals surface area (Å²) in [5.74, 6) is 1.80. The molecule has 142 valence electrons. The van der Waals surface area contributed by atoms with E-state index < -0.39 is 0 Å². The molecule has 1 aliphatic heterocycles. The highest BCUT2D eigenvalue weighted by Gasteiger charge is 2.24. The second-order valence-corrected chi connectivity index (χ2v) is 8.24. The molecule has 2 aromatic heterocycles. The third-order valence-corrected chi connectivity index (χ3v) is 6.00. The smallest absolute Gasteiger partial charge is 0.289 e. The van der Waals surface area contributed by atoms with E-state index >= 15 is 0 Å². The zero-order valence-electron chi connectivity index (χ0n) is 14.8. The SMILES string of the molecule is O=C1NC(=Nc2cccc(O)c2)/C(=C/c2ccc(-c3nc4ccccc4s3)o2)S1. The van der Waals surface area contributed by atoms with Crippen molar-refractivity contribution in [3.05, 3.63) is 71.3 Å². The number of fused-ring (bicyclic) bond motifs is 1. The summed E-state index contributed by atoms with van der Waals surface area (Å²) in [6.07, 6.45) is 1.76. The summed E-state index contributed by atoms with van der Waals surface area (Å²) < 4.78 is 7.04. The molecule has 3 heterocycles. The van der Waals surface area contributed by atoms with Crippen molar-refractivity contribution < 1.29 is 14.3 Å². The number of nitrogens with zero attached hydrogens (tertiary/aromatic N) is 2. The Balaban J connectivity index is 1.47. The van der Waals surface area contributed by atoms with Crippen molar-refractivity contribution in [2.75, 3.05) is 0 Å². The highest BCUT2D eigenvalue weighted by atomic mass is 32.2. The summed E-state index contributed by atoms with van der Waals surface area (Å²) in [5, 5.41) is 12.9. The van der Waals surface area contributed by atoms with Crippen molar-refractivity contribution in [1.82, 2.24) is 10.3 Å². The van der Waals surface area contributed by atoms with E-state index in [1.54, 1.807) is 35.6 Å². The van der Waals surface area contributed by atoms with E-state index in [0.29, 0.717) is 27.9 Å². The number of phenolic OH excluding ortho intramolecular Hbond substituents is 1. The summed E-state index contributed by atoms with van der Waals surface area (Å²) in [4.78, 5) is 21.5. The number of aliphatic imine (C=N–C) groups is 1. The lowest BCUT2D eigenvalue weighted by molar-refractivity contribution is 0.265. The number of hydrogen-bond donors (Lipinski definition) is 2. The Morgan fingerprint density at radius 3 is 2.86 bits per heavy atom. The van der Waals surface area contributed by atoms with Crippen molar-refractivity contribution in [3.8, 4) is 16.5 Å². The van der Waals surface area contributed by atoms with Gasteiger partial charge in [-0.2, -0.15) is 0 Å². The van der Waals surface area contributed by atoms with Gasteiger partial charge in [-0.3, -0.25) is 4.79 Å². The molecule has 0 atom stereocenters. The van der Waals surface area contributed by atoms with E-state index in [2.05, 4.69) is 15.3 Å². The molecule has 0 saturated carbocycles. The fraction of sp³-hybridized carbons (Fsp3) is 0. The first-order valence-electron chi connectivity index (χ1n) is 8.68. The summed E-state index contributed by atoms with van der Waals surface area (Å²) >= 11 is 2.61. The monoisotopic (exact) mass is 419 g/mol. The van der Waals surface area contributed by atoms with E-state index in [4.69, 9.17) is 4.42 Å². The second-order valence-electron chi connectivity index (χ2n) is 6.19. The van der Waals surface area contributed by atoms with Gasteiger partial charge >= 0.3 is 0 Å². The number of thioether (sulfide) groups is 1. The van der Waals surface area contributed by atoms with Crippen LogP contribution in [-0.2, 0) is 0 Å². The van der Waals surface area contributed by atoms with E-state index in [9.17, 15) is 9.90 Å². The second kappa shape index (κ2) is 7.23. The minimum atomic E-state index is -0.215. The molecular weight excluding hydrogens is 406 g/mol. The molecule has 0 spiro atoms. The topological polar surface area (TPSA) is 87.7 Å². The number of nitrogens with one attached hydrogen (secondary N) is 1. The number of hydrogen-bond acceptors (Lipinski definition) is 7. The third kappa shape index (κ3) is 3.67. The quantitative estimate of drug-likeness (QED) is 0.439. The predicted molar refractivity (Wildman–Crippen MR) is 117 cm³/mol. The molecule has 1 fully saturated rings. The van der Waals surface area contributed by atoms with Crippen molar-refractivity contribution in [1.29, 1.82) is 0 Å². The maximum Gasteiger partial charge on any atom is 0.289 e. The van der Waals surface area contributed by atoms with Crippen LogP contribution in [0.25, 0.3) is 27.1 Å². The number of thiazole rings is 1. The summed E-state index contributed by atoms with van der Waals surface area (Å²) in [7, 11) is 0. The van der Waals surface area contributed by atoms with Crippen LogP contribution in [-0.4, -0.2) is 21.2 Å². The van der Waals surface area contributed by atoms with Gasteiger partial charge in [-0.1, -0.05) is 18.2 Å². The molecule has 8 heteroatoms. The molecule has 6 nitrogen and oxygen atoms in total. The molecule has 1 saturated heterocycles. The van der Waals surface area contributed by atoms with Gasteiger partial charge in [0.1, 0.15) is 17.3 Å². The fourth-order valence-corrected chi connectivity index (χ4v) is 4.50. The highest BCUT2D eigenvalue weighted by molar-refractivity contribution is 8.18. The molecule has 2 aromatic carbocycles. The number of phenols is 1. The number of carbonyl (C=O) groups is 1. The standard InChI is InChI=1S/C21H13N3O3S2/c25-13-5-3-4-12(10-13)22-19-18(29-21(26)24-19)11-14-8-9-16(27-14)20-23-15-6-1-2-7-17(15)28-20/h1-11,25H,(H,22,24,26)/b18-11-. The molecule has 1 amide bonds. The van der Waals surface area contributed by atoms with Gasteiger partial charge in [-0.25, -0.2) is 9.98 Å². The molecular formula is C21H13N3O3S2. The molecule has 0 bridgehead atoms. The van der Waals surface area contributed by atoms with E-state index in [-0.39, 0.29) is 11.0 Å². The highest BCUT2D eigenvalue weighted by Crippen LogP contribution is 2.33. The zero-order chi connectivity index (χ0) is 19.8. The predicted octanol–water partition coefficient (Wildman–Crippen LogP) is 5.79. The lowest BCUT2D eigenvalue weighted by Crippen LogP contribution is -2.18. The maximum atomic E-state index is 11.9. The van der Waals surface area contributed by atoms with Gasteiger partial charge in [0.25, 0.3) is 5.24 Å². The zero-order valence-corrected chi connectivity index (χ0v) is 16.5. The number of rotatable bonds is 3. The van der Waals surface area contributed by atoms with Crippen LogP contribution in [0.2, 0.25) is 0 Å². The lowest BCUT2D eigenvalue weighted by Gasteiger charge is -1.99. The van der Waals surface area contributed by atoms with Gasteiger partial charge in [0.2, 0.25) is 0 Å². The maximum absolute atomic E-state index is 11.9. The van der Waals surface area contributed by atoms with Gasteiger partial charge in [0.15, 0.2) is 10.8 Å². The molecule has 2 N–H and O–H groups in total. The number of amidine groups is 1. The van der Waals surface area contributed by atoms with Crippen LogP contribution in [0.4, 0.5) is 10.5 Å². The summed E-state index contributed by atoms with van der Waals surface area (Å²) in [6.45, 7) is 0. The first-order valence-corrected chi connectivity index (χ1v) is 10.3. The van der Waals surface area contributed by atoms with Crippen LogP contribution in [0.1, 0.15) is 5.76 Å². The Morgan fingerprint density at radius 1 is 1.10 bits per heavy atom. The van der Waals surface area contributed by atoms with Crippen molar-refractivity contribution >= 4 is 56.2 Å². The minimum absolute atomic E-state index is 0.112. The Bertz CT molecular complexity index is 1270. The van der Waals surface area contributed by atoms with Gasteiger partial charge in [-0.05, 0) is 54.2 Å². The van der Waals surface area contributed by atoms with Crippen molar-refractivity contribution in [2.24, 2.45) is 4.99 Å². The van der Waals surface area contributed by atoms with Crippen LogP contribution in [0.15, 0.2) is 75.0 Å². The largest absolute Gasteiger partial charge is 0.508 e.